The average Bonchev–Trinajstić information content (AvgIpc) is 2.49. The van der Waals surface area contributed by atoms with Crippen molar-refractivity contribution in [1.29, 1.82) is 5.26 Å². The fourth-order valence-corrected chi connectivity index (χ4v) is 2.61. The smallest absolute Gasteiger partial charge is 0.0991 e. The average molecular weight is 328 g/mol. The molecule has 1 fully saturated rings. The Morgan fingerprint density at radius 1 is 1.24 bits per heavy atom. The normalized spacial score (nSPS) is 16.0. The minimum Gasteiger partial charge on any atom is -0.314 e. The van der Waals surface area contributed by atoms with Crippen molar-refractivity contribution in [3.8, 4) is 6.07 Å². The lowest BCUT2D eigenvalue weighted by Crippen LogP contribution is -2.45. The van der Waals surface area contributed by atoms with Gasteiger partial charge in [0.05, 0.1) is 11.6 Å². The summed E-state index contributed by atoms with van der Waals surface area (Å²) in [7, 11) is 0. The molecule has 0 saturated carbocycles. The lowest BCUT2D eigenvalue weighted by molar-refractivity contribution is 0.166. The largest absolute Gasteiger partial charge is 0.314 e. The first-order valence-electron chi connectivity index (χ1n) is 6.91. The van der Waals surface area contributed by atoms with Crippen LogP contribution in [0.4, 0.5) is 0 Å². The maximum Gasteiger partial charge on any atom is 0.0991 e. The van der Waals surface area contributed by atoms with Crippen LogP contribution in [0.1, 0.15) is 30.0 Å². The van der Waals surface area contributed by atoms with E-state index in [-0.39, 0.29) is 24.8 Å². The summed E-state index contributed by atoms with van der Waals surface area (Å²) in [5.74, 6) is 0. The lowest BCUT2D eigenvalue weighted by atomic mass is 9.98. The summed E-state index contributed by atoms with van der Waals surface area (Å²) in [6.45, 7) is 8.11. The van der Waals surface area contributed by atoms with Crippen molar-refractivity contribution in [2.24, 2.45) is 0 Å². The third-order valence-corrected chi connectivity index (χ3v) is 3.66. The van der Waals surface area contributed by atoms with Gasteiger partial charge >= 0.3 is 0 Å². The van der Waals surface area contributed by atoms with E-state index in [0.717, 1.165) is 44.6 Å². The van der Waals surface area contributed by atoms with E-state index in [1.165, 1.54) is 5.56 Å². The van der Waals surface area contributed by atoms with Gasteiger partial charge in [0.15, 0.2) is 0 Å². The van der Waals surface area contributed by atoms with Gasteiger partial charge in [-0.05, 0) is 30.5 Å². The first-order chi connectivity index (χ1) is 9.35. The quantitative estimate of drug-likeness (QED) is 0.843. The lowest BCUT2D eigenvalue weighted by Gasteiger charge is -2.35. The van der Waals surface area contributed by atoms with Gasteiger partial charge < -0.3 is 5.32 Å². The van der Waals surface area contributed by atoms with Gasteiger partial charge in [0.2, 0.25) is 0 Å². The van der Waals surface area contributed by atoms with Crippen LogP contribution in [0.2, 0.25) is 0 Å². The van der Waals surface area contributed by atoms with Crippen LogP contribution in [0.5, 0.6) is 0 Å². The van der Waals surface area contributed by atoms with E-state index in [0.29, 0.717) is 6.04 Å². The Morgan fingerprint density at radius 2 is 1.86 bits per heavy atom. The van der Waals surface area contributed by atoms with Gasteiger partial charge in [0.1, 0.15) is 0 Å². The van der Waals surface area contributed by atoms with E-state index in [1.54, 1.807) is 0 Å². The Hall–Kier alpha value is -1.05. The van der Waals surface area contributed by atoms with Crippen LogP contribution < -0.4 is 5.32 Å². The summed E-state index contributed by atoms with van der Waals surface area (Å²) in [5.41, 5.74) is 2.04. The summed E-state index contributed by atoms with van der Waals surface area (Å²) < 4.78 is 0. The number of benzene rings is 1. The Labute approximate surface area is 139 Å². The summed E-state index contributed by atoms with van der Waals surface area (Å²) in [6, 6.07) is 10.6. The first kappa shape index (κ1) is 19.9. The van der Waals surface area contributed by atoms with E-state index in [4.69, 9.17) is 5.26 Å². The van der Waals surface area contributed by atoms with Gasteiger partial charge in [-0.25, -0.2) is 0 Å². The Bertz CT molecular complexity index is 448. The van der Waals surface area contributed by atoms with Gasteiger partial charge in [-0.2, -0.15) is 5.26 Å². The number of nitriles is 1. The van der Waals surface area contributed by atoms with E-state index >= 15 is 0 Å². The highest BCUT2D eigenvalue weighted by Crippen LogP contribution is 2.26. The Balaban J connectivity index is 0.00000200. The highest BCUT2D eigenvalue weighted by Gasteiger charge is 2.21. The van der Waals surface area contributed by atoms with E-state index in [1.807, 2.05) is 18.2 Å². The molecule has 1 aromatic rings. The highest BCUT2D eigenvalue weighted by atomic mass is 35.5. The molecule has 1 aliphatic rings. The predicted molar refractivity (Wildman–Crippen MR) is 92.3 cm³/mol. The molecule has 3 nitrogen and oxygen atoms in total. The third kappa shape index (κ3) is 5.68. The molecule has 0 amide bonds. The molecular weight excluding hydrogens is 305 g/mol. The fraction of sp³-hybridized carbons (Fsp3) is 0.438. The first-order valence-corrected chi connectivity index (χ1v) is 6.91. The molecule has 21 heavy (non-hydrogen) atoms. The topological polar surface area (TPSA) is 39.1 Å². The molecule has 0 bridgehead atoms. The SMILES string of the molecule is C=CCC[C@H](c1ccc(C#N)cc1)N1CCNCC1.Cl.Cl. The third-order valence-electron chi connectivity index (χ3n) is 3.66. The van der Waals surface area contributed by atoms with Crippen LogP contribution in [0.3, 0.4) is 0 Å². The second kappa shape index (κ2) is 10.6. The molecule has 1 saturated heterocycles. The van der Waals surface area contributed by atoms with Crippen molar-refractivity contribution < 1.29 is 0 Å². The maximum atomic E-state index is 8.88. The predicted octanol–water partition coefficient (Wildman–Crippen LogP) is 3.31. The molecule has 1 aromatic carbocycles. The summed E-state index contributed by atoms with van der Waals surface area (Å²) in [5, 5.41) is 12.3. The number of nitrogens with zero attached hydrogens (tertiary/aromatic N) is 2. The number of piperazine rings is 1. The van der Waals surface area contributed by atoms with Crippen LogP contribution in [0.15, 0.2) is 36.9 Å². The summed E-state index contributed by atoms with van der Waals surface area (Å²) >= 11 is 0. The molecule has 0 aromatic heterocycles. The van der Waals surface area contributed by atoms with Crippen molar-refractivity contribution in [2.75, 3.05) is 26.2 Å². The van der Waals surface area contributed by atoms with E-state index in [2.05, 4.69) is 35.0 Å². The number of hydrogen-bond donors (Lipinski definition) is 1. The molecule has 116 valence electrons. The van der Waals surface area contributed by atoms with Crippen LogP contribution >= 0.6 is 24.8 Å². The second-order valence-corrected chi connectivity index (χ2v) is 4.90. The standard InChI is InChI=1S/C16H21N3.2ClH/c1-2-3-4-16(19-11-9-18-10-12-19)15-7-5-14(13-17)6-8-15;;/h2,5-8,16,18H,1,3-4,9-12H2;2*1H/t16-;;/m1../s1. The Morgan fingerprint density at radius 3 is 2.38 bits per heavy atom. The van der Waals surface area contributed by atoms with Crippen molar-refractivity contribution in [3.05, 3.63) is 48.0 Å². The molecule has 0 spiro atoms. The number of nitrogens with one attached hydrogen (secondary N) is 1. The van der Waals surface area contributed by atoms with E-state index < -0.39 is 0 Å². The Kier molecular flexibility index (Phi) is 10.1. The fourth-order valence-electron chi connectivity index (χ4n) is 2.61. The zero-order valence-corrected chi connectivity index (χ0v) is 13.8. The molecular formula is C16H23Cl2N3. The second-order valence-electron chi connectivity index (χ2n) is 4.90. The minimum absolute atomic E-state index is 0. The number of allylic oxidation sites excluding steroid dienone is 1. The van der Waals surface area contributed by atoms with Gasteiger partial charge in [-0.1, -0.05) is 18.2 Å². The van der Waals surface area contributed by atoms with Gasteiger partial charge in [-0.3, -0.25) is 4.90 Å². The molecule has 5 heteroatoms. The van der Waals surface area contributed by atoms with Crippen LogP contribution in [0.25, 0.3) is 0 Å². The summed E-state index contributed by atoms with van der Waals surface area (Å²) in [6.07, 6.45) is 4.10. The highest BCUT2D eigenvalue weighted by molar-refractivity contribution is 5.85. The number of hydrogen-bond acceptors (Lipinski definition) is 3. The number of halogens is 2. The zero-order chi connectivity index (χ0) is 13.5. The van der Waals surface area contributed by atoms with Gasteiger partial charge in [-0.15, -0.1) is 31.4 Å². The maximum absolute atomic E-state index is 8.88. The molecule has 1 aliphatic heterocycles. The van der Waals surface area contributed by atoms with Crippen molar-refractivity contribution in [2.45, 2.75) is 18.9 Å². The van der Waals surface area contributed by atoms with Crippen molar-refractivity contribution >= 4 is 24.8 Å². The molecule has 0 unspecified atom stereocenters. The molecule has 0 radical (unpaired) electrons. The zero-order valence-electron chi connectivity index (χ0n) is 12.1. The van der Waals surface area contributed by atoms with E-state index in [9.17, 15) is 0 Å². The summed E-state index contributed by atoms with van der Waals surface area (Å²) in [4.78, 5) is 2.53. The molecule has 2 rings (SSSR count). The van der Waals surface area contributed by atoms with Crippen molar-refractivity contribution in [1.82, 2.24) is 10.2 Å². The minimum atomic E-state index is 0. The van der Waals surface area contributed by atoms with Crippen LogP contribution in [-0.2, 0) is 0 Å². The number of rotatable bonds is 5. The van der Waals surface area contributed by atoms with Gasteiger partial charge in [0.25, 0.3) is 0 Å². The monoisotopic (exact) mass is 327 g/mol. The van der Waals surface area contributed by atoms with Gasteiger partial charge in [0, 0.05) is 32.2 Å². The van der Waals surface area contributed by atoms with Crippen LogP contribution in [-0.4, -0.2) is 31.1 Å². The molecule has 1 heterocycles. The molecule has 1 N–H and O–H groups in total. The molecule has 1 atom stereocenters. The molecule has 0 aliphatic carbocycles. The van der Waals surface area contributed by atoms with Crippen molar-refractivity contribution in [3.63, 3.8) is 0 Å². The van der Waals surface area contributed by atoms with Crippen LogP contribution in [0, 0.1) is 11.3 Å².